The number of nitrogens with two attached hydrogens (primary N) is 1. The molecule has 0 fully saturated rings. The van der Waals surface area contributed by atoms with Gasteiger partial charge < -0.3 is 5.73 Å². The molecule has 0 aliphatic carbocycles. The highest BCUT2D eigenvalue weighted by atomic mass is 32.2. The van der Waals surface area contributed by atoms with E-state index in [9.17, 15) is 0 Å². The van der Waals surface area contributed by atoms with Crippen LogP contribution in [0.3, 0.4) is 0 Å². The molecule has 0 radical (unpaired) electrons. The summed E-state index contributed by atoms with van der Waals surface area (Å²) in [6.45, 7) is 5.31. The third kappa shape index (κ3) is 12.2. The van der Waals surface area contributed by atoms with Gasteiger partial charge >= 0.3 is 0 Å². The van der Waals surface area contributed by atoms with Crippen molar-refractivity contribution in [1.29, 1.82) is 0 Å². The molecule has 0 heterocycles. The van der Waals surface area contributed by atoms with Crippen molar-refractivity contribution in [3.63, 3.8) is 0 Å². The summed E-state index contributed by atoms with van der Waals surface area (Å²) in [5, 5.41) is 0.648. The van der Waals surface area contributed by atoms with Gasteiger partial charge in [-0.2, -0.15) is 11.8 Å². The van der Waals surface area contributed by atoms with E-state index in [1.165, 1.54) is 57.1 Å². The van der Waals surface area contributed by atoms with Gasteiger partial charge in [0.2, 0.25) is 0 Å². The fraction of sp³-hybridized carbons (Fsp3) is 1.00. The normalized spacial score (nSPS) is 13.0. The highest BCUT2D eigenvalue weighted by molar-refractivity contribution is 7.99. The number of hydrogen-bond acceptors (Lipinski definition) is 2. The summed E-state index contributed by atoms with van der Waals surface area (Å²) in [6.07, 6.45) is 11.3. The van der Waals surface area contributed by atoms with Crippen molar-refractivity contribution in [3.05, 3.63) is 0 Å². The van der Waals surface area contributed by atoms with Crippen LogP contribution in [0, 0.1) is 0 Å². The molecule has 92 valence electrons. The van der Waals surface area contributed by atoms with E-state index in [0.717, 1.165) is 6.54 Å². The quantitative estimate of drug-likeness (QED) is 0.539. The van der Waals surface area contributed by atoms with Gasteiger partial charge in [-0.1, -0.05) is 58.8 Å². The molecule has 1 unspecified atom stereocenters. The maximum Gasteiger partial charge on any atom is 0.0141 e. The van der Waals surface area contributed by atoms with Crippen molar-refractivity contribution in [2.24, 2.45) is 5.73 Å². The van der Waals surface area contributed by atoms with Crippen molar-refractivity contribution in [2.75, 3.05) is 12.3 Å². The Balaban J connectivity index is 2.92. The zero-order valence-electron chi connectivity index (χ0n) is 10.6. The van der Waals surface area contributed by atoms with Crippen LogP contribution in [-0.2, 0) is 0 Å². The number of unbranched alkanes of at least 4 members (excludes halogenated alkanes) is 7. The van der Waals surface area contributed by atoms with Crippen LogP contribution in [0.4, 0.5) is 0 Å². The Bertz CT molecular complexity index is 117. The molecule has 0 aromatic heterocycles. The van der Waals surface area contributed by atoms with Crippen LogP contribution in [-0.4, -0.2) is 17.5 Å². The molecule has 1 nitrogen and oxygen atoms in total. The summed E-state index contributed by atoms with van der Waals surface area (Å²) in [4.78, 5) is 0. The molecule has 0 saturated carbocycles. The zero-order valence-corrected chi connectivity index (χ0v) is 11.5. The number of rotatable bonds is 11. The second kappa shape index (κ2) is 12.4. The average molecular weight is 231 g/mol. The van der Waals surface area contributed by atoms with Gasteiger partial charge in [-0.15, -0.1) is 0 Å². The molecule has 0 bridgehead atoms. The first-order chi connectivity index (χ1) is 7.31. The van der Waals surface area contributed by atoms with E-state index in [0.29, 0.717) is 5.25 Å². The standard InChI is InChI=1S/C13H29NS/c1-3-4-5-6-7-8-9-10-11-15-13(2)12-14/h13H,3-12,14H2,1-2H3. The van der Waals surface area contributed by atoms with Crippen LogP contribution in [0.5, 0.6) is 0 Å². The molecule has 0 aromatic carbocycles. The van der Waals surface area contributed by atoms with E-state index in [4.69, 9.17) is 5.73 Å². The molecule has 15 heavy (non-hydrogen) atoms. The summed E-state index contributed by atoms with van der Waals surface area (Å²) >= 11 is 2.02. The molecular weight excluding hydrogens is 202 g/mol. The van der Waals surface area contributed by atoms with Crippen molar-refractivity contribution >= 4 is 11.8 Å². The third-order valence-electron chi connectivity index (χ3n) is 2.73. The highest BCUT2D eigenvalue weighted by Crippen LogP contribution is 2.14. The Labute approximate surface area is 101 Å². The lowest BCUT2D eigenvalue weighted by atomic mass is 10.1. The van der Waals surface area contributed by atoms with Crippen molar-refractivity contribution in [3.8, 4) is 0 Å². The molecule has 0 aromatic rings. The molecule has 0 aliphatic rings. The summed E-state index contributed by atoms with van der Waals surface area (Å²) in [7, 11) is 0. The lowest BCUT2D eigenvalue weighted by Crippen LogP contribution is -2.12. The molecule has 2 N–H and O–H groups in total. The first-order valence-electron chi connectivity index (χ1n) is 6.63. The van der Waals surface area contributed by atoms with Gasteiger partial charge in [0.15, 0.2) is 0 Å². The van der Waals surface area contributed by atoms with E-state index in [2.05, 4.69) is 13.8 Å². The Hall–Kier alpha value is 0.310. The second-order valence-electron chi connectivity index (χ2n) is 4.39. The van der Waals surface area contributed by atoms with E-state index in [-0.39, 0.29) is 0 Å². The van der Waals surface area contributed by atoms with Crippen LogP contribution in [0.1, 0.15) is 65.2 Å². The molecule has 0 aliphatic heterocycles. The maximum atomic E-state index is 5.56. The van der Waals surface area contributed by atoms with Crippen molar-refractivity contribution in [2.45, 2.75) is 70.5 Å². The highest BCUT2D eigenvalue weighted by Gasteiger charge is 1.98. The Morgan fingerprint density at radius 2 is 1.47 bits per heavy atom. The number of thioether (sulfide) groups is 1. The lowest BCUT2D eigenvalue weighted by Gasteiger charge is -2.07. The van der Waals surface area contributed by atoms with Crippen LogP contribution in [0.25, 0.3) is 0 Å². The minimum Gasteiger partial charge on any atom is -0.329 e. The fourth-order valence-electron chi connectivity index (χ4n) is 1.59. The van der Waals surface area contributed by atoms with Gasteiger partial charge in [-0.25, -0.2) is 0 Å². The maximum absolute atomic E-state index is 5.56. The lowest BCUT2D eigenvalue weighted by molar-refractivity contribution is 0.586. The van der Waals surface area contributed by atoms with Crippen LogP contribution >= 0.6 is 11.8 Å². The summed E-state index contributed by atoms with van der Waals surface area (Å²) in [5.41, 5.74) is 5.56. The molecule has 0 saturated heterocycles. The van der Waals surface area contributed by atoms with Crippen LogP contribution in [0.2, 0.25) is 0 Å². The smallest absolute Gasteiger partial charge is 0.0141 e. The minimum absolute atomic E-state index is 0.648. The van der Waals surface area contributed by atoms with Gasteiger partial charge in [0.1, 0.15) is 0 Å². The van der Waals surface area contributed by atoms with Gasteiger partial charge in [0.25, 0.3) is 0 Å². The Kier molecular flexibility index (Phi) is 12.6. The molecule has 0 amide bonds. The van der Waals surface area contributed by atoms with Crippen LogP contribution < -0.4 is 5.73 Å². The molecular formula is C13H29NS. The zero-order chi connectivity index (χ0) is 11.4. The average Bonchev–Trinajstić information content (AvgIpc) is 2.26. The van der Waals surface area contributed by atoms with Crippen molar-refractivity contribution in [1.82, 2.24) is 0 Å². The SMILES string of the molecule is CCCCCCCCCCSC(C)CN. The van der Waals surface area contributed by atoms with Crippen LogP contribution in [0.15, 0.2) is 0 Å². The minimum atomic E-state index is 0.648. The second-order valence-corrected chi connectivity index (χ2v) is 5.94. The van der Waals surface area contributed by atoms with E-state index in [1.807, 2.05) is 11.8 Å². The third-order valence-corrected chi connectivity index (χ3v) is 4.02. The Morgan fingerprint density at radius 3 is 2.00 bits per heavy atom. The summed E-state index contributed by atoms with van der Waals surface area (Å²) in [5.74, 6) is 1.30. The molecule has 0 rings (SSSR count). The van der Waals surface area contributed by atoms with Gasteiger partial charge in [-0.05, 0) is 12.2 Å². The van der Waals surface area contributed by atoms with E-state index >= 15 is 0 Å². The predicted octanol–water partition coefficient (Wildman–Crippen LogP) is 4.21. The summed E-state index contributed by atoms with van der Waals surface area (Å²) < 4.78 is 0. The topological polar surface area (TPSA) is 26.0 Å². The monoisotopic (exact) mass is 231 g/mol. The predicted molar refractivity (Wildman–Crippen MR) is 73.6 cm³/mol. The Morgan fingerprint density at radius 1 is 0.933 bits per heavy atom. The fourth-order valence-corrected chi connectivity index (χ4v) is 2.50. The summed E-state index contributed by atoms with van der Waals surface area (Å²) in [6, 6.07) is 0. The largest absolute Gasteiger partial charge is 0.329 e. The van der Waals surface area contributed by atoms with Gasteiger partial charge in [0, 0.05) is 11.8 Å². The molecule has 1 atom stereocenters. The van der Waals surface area contributed by atoms with Crippen molar-refractivity contribution < 1.29 is 0 Å². The first kappa shape index (κ1) is 15.3. The number of hydrogen-bond donors (Lipinski definition) is 1. The first-order valence-corrected chi connectivity index (χ1v) is 7.67. The van der Waals surface area contributed by atoms with E-state index in [1.54, 1.807) is 0 Å². The van der Waals surface area contributed by atoms with Gasteiger partial charge in [-0.3, -0.25) is 0 Å². The molecule has 2 heteroatoms. The van der Waals surface area contributed by atoms with Gasteiger partial charge in [0.05, 0.1) is 0 Å². The molecule has 0 spiro atoms. The van der Waals surface area contributed by atoms with E-state index < -0.39 is 0 Å².